The van der Waals surface area contributed by atoms with Crippen molar-refractivity contribution in [2.45, 2.75) is 69.2 Å². The van der Waals surface area contributed by atoms with E-state index in [-0.39, 0.29) is 22.8 Å². The van der Waals surface area contributed by atoms with E-state index in [4.69, 9.17) is 0 Å². The lowest BCUT2D eigenvalue weighted by Gasteiger charge is -2.16. The number of rotatable bonds is 6. The van der Waals surface area contributed by atoms with Crippen LogP contribution in [0, 0.1) is 5.92 Å². The molecule has 0 bridgehead atoms. The van der Waals surface area contributed by atoms with E-state index in [1.165, 1.54) is 12.8 Å². The van der Waals surface area contributed by atoms with E-state index >= 15 is 0 Å². The van der Waals surface area contributed by atoms with Crippen molar-refractivity contribution in [3.8, 4) is 0 Å². The van der Waals surface area contributed by atoms with E-state index in [9.17, 15) is 13.2 Å². The van der Waals surface area contributed by atoms with Crippen molar-refractivity contribution in [3.63, 3.8) is 0 Å². The van der Waals surface area contributed by atoms with Gasteiger partial charge >= 0.3 is 0 Å². The Morgan fingerprint density at radius 1 is 1.08 bits per heavy atom. The Kier molecular flexibility index (Phi) is 6.09. The molecule has 0 spiro atoms. The first kappa shape index (κ1) is 19.0. The van der Waals surface area contributed by atoms with E-state index in [2.05, 4.69) is 15.2 Å². The SMILES string of the molecule is CC(=NNC(=O)C1CC1)c1cccc(S(=O)(=O)NC2CCCCCC2)c1. The molecule has 2 aliphatic rings. The van der Waals surface area contributed by atoms with Crippen LogP contribution in [-0.2, 0) is 14.8 Å². The van der Waals surface area contributed by atoms with Crippen molar-refractivity contribution in [2.75, 3.05) is 0 Å². The Bertz CT molecular complexity index is 777. The first-order valence-electron chi connectivity index (χ1n) is 9.42. The number of hydrogen-bond acceptors (Lipinski definition) is 4. The fourth-order valence-corrected chi connectivity index (χ4v) is 4.56. The molecule has 0 aromatic heterocycles. The molecule has 142 valence electrons. The number of benzene rings is 1. The van der Waals surface area contributed by atoms with Crippen molar-refractivity contribution >= 4 is 21.6 Å². The summed E-state index contributed by atoms with van der Waals surface area (Å²) in [6.45, 7) is 1.76. The number of amides is 1. The maximum atomic E-state index is 12.7. The quantitative estimate of drug-likeness (QED) is 0.454. The summed E-state index contributed by atoms with van der Waals surface area (Å²) in [5, 5.41) is 4.11. The summed E-state index contributed by atoms with van der Waals surface area (Å²) in [6.07, 6.45) is 8.12. The molecule has 2 saturated carbocycles. The maximum Gasteiger partial charge on any atom is 0.243 e. The number of carbonyl (C=O) groups excluding carboxylic acids is 1. The monoisotopic (exact) mass is 377 g/mol. The highest BCUT2D eigenvalue weighted by Crippen LogP contribution is 2.28. The number of carbonyl (C=O) groups is 1. The zero-order valence-corrected chi connectivity index (χ0v) is 16.0. The number of nitrogens with one attached hydrogen (secondary N) is 2. The van der Waals surface area contributed by atoms with Crippen LogP contribution in [0.15, 0.2) is 34.3 Å². The van der Waals surface area contributed by atoms with Crippen LogP contribution < -0.4 is 10.1 Å². The Hall–Kier alpha value is -1.73. The normalized spacial score (nSPS) is 19.8. The lowest BCUT2D eigenvalue weighted by atomic mass is 10.1. The first-order chi connectivity index (χ1) is 12.5. The second-order valence-electron chi connectivity index (χ2n) is 7.29. The van der Waals surface area contributed by atoms with Crippen molar-refractivity contribution in [3.05, 3.63) is 29.8 Å². The lowest BCUT2D eigenvalue weighted by molar-refractivity contribution is -0.122. The van der Waals surface area contributed by atoms with Crippen LogP contribution in [0.2, 0.25) is 0 Å². The second-order valence-corrected chi connectivity index (χ2v) is 9.00. The van der Waals surface area contributed by atoms with Gasteiger partial charge in [0.15, 0.2) is 0 Å². The highest BCUT2D eigenvalue weighted by atomic mass is 32.2. The van der Waals surface area contributed by atoms with E-state index < -0.39 is 10.0 Å². The predicted molar refractivity (Wildman–Crippen MR) is 101 cm³/mol. The molecule has 26 heavy (non-hydrogen) atoms. The predicted octanol–water partition coefficient (Wildman–Crippen LogP) is 2.94. The second kappa shape index (κ2) is 8.31. The third-order valence-corrected chi connectivity index (χ3v) is 6.54. The number of hydrogen-bond donors (Lipinski definition) is 2. The summed E-state index contributed by atoms with van der Waals surface area (Å²) >= 11 is 0. The van der Waals surface area contributed by atoms with Gasteiger partial charge in [-0.25, -0.2) is 18.6 Å². The molecule has 0 saturated heterocycles. The molecule has 0 atom stereocenters. The van der Waals surface area contributed by atoms with Crippen LogP contribution in [0.5, 0.6) is 0 Å². The van der Waals surface area contributed by atoms with Crippen molar-refractivity contribution in [1.29, 1.82) is 0 Å². The van der Waals surface area contributed by atoms with Gasteiger partial charge in [-0.2, -0.15) is 5.10 Å². The van der Waals surface area contributed by atoms with Gasteiger partial charge in [-0.05, 0) is 50.3 Å². The highest BCUT2D eigenvalue weighted by molar-refractivity contribution is 7.89. The third-order valence-electron chi connectivity index (χ3n) is 5.02. The standard InChI is InChI=1S/C19H27N3O3S/c1-14(20-21-19(23)15-11-12-15)16-7-6-10-18(13-16)26(24,25)22-17-8-4-2-3-5-9-17/h6-7,10,13,15,17,22H,2-5,8-9,11-12H2,1H3,(H,21,23). The number of nitrogens with zero attached hydrogens (tertiary/aromatic N) is 1. The molecule has 6 nitrogen and oxygen atoms in total. The summed E-state index contributed by atoms with van der Waals surface area (Å²) in [5.41, 5.74) is 3.83. The largest absolute Gasteiger partial charge is 0.273 e. The zero-order valence-electron chi connectivity index (χ0n) is 15.2. The molecule has 0 aliphatic heterocycles. The molecular formula is C19H27N3O3S. The van der Waals surface area contributed by atoms with Gasteiger partial charge in [0.05, 0.1) is 10.6 Å². The third kappa shape index (κ3) is 5.14. The summed E-state index contributed by atoms with van der Waals surface area (Å²) < 4.78 is 28.3. The van der Waals surface area contributed by atoms with Crippen LogP contribution in [0.3, 0.4) is 0 Å². The van der Waals surface area contributed by atoms with Gasteiger partial charge in [-0.15, -0.1) is 0 Å². The number of sulfonamides is 1. The lowest BCUT2D eigenvalue weighted by Crippen LogP contribution is -2.34. The summed E-state index contributed by atoms with van der Waals surface area (Å²) in [4.78, 5) is 11.9. The molecule has 3 rings (SSSR count). The van der Waals surface area contributed by atoms with Crippen molar-refractivity contribution < 1.29 is 13.2 Å². The van der Waals surface area contributed by atoms with Gasteiger partial charge in [0.1, 0.15) is 0 Å². The molecule has 0 unspecified atom stereocenters. The van der Waals surface area contributed by atoms with Gasteiger partial charge in [0.25, 0.3) is 0 Å². The van der Waals surface area contributed by atoms with E-state index in [1.807, 2.05) is 0 Å². The zero-order chi connectivity index (χ0) is 18.6. The molecule has 2 N–H and O–H groups in total. The van der Waals surface area contributed by atoms with Crippen LogP contribution >= 0.6 is 0 Å². The Labute approximate surface area is 155 Å². The Balaban J connectivity index is 1.70. The van der Waals surface area contributed by atoms with Crippen LogP contribution in [0.4, 0.5) is 0 Å². The average Bonchev–Trinajstić information content (AvgIpc) is 3.47. The van der Waals surface area contributed by atoms with E-state index in [1.54, 1.807) is 31.2 Å². The molecule has 1 aromatic carbocycles. The van der Waals surface area contributed by atoms with Crippen molar-refractivity contribution in [1.82, 2.24) is 10.1 Å². The summed E-state index contributed by atoms with van der Waals surface area (Å²) in [5.74, 6) is 0.0187. The minimum Gasteiger partial charge on any atom is -0.273 e. The molecule has 1 amide bonds. The highest BCUT2D eigenvalue weighted by Gasteiger charge is 2.29. The molecular weight excluding hydrogens is 350 g/mol. The topological polar surface area (TPSA) is 87.6 Å². The molecule has 0 heterocycles. The van der Waals surface area contributed by atoms with Crippen molar-refractivity contribution in [2.24, 2.45) is 11.0 Å². The first-order valence-corrected chi connectivity index (χ1v) is 10.9. The van der Waals surface area contributed by atoms with Gasteiger partial charge in [-0.3, -0.25) is 4.79 Å². The van der Waals surface area contributed by atoms with Gasteiger partial charge < -0.3 is 0 Å². The number of hydrazone groups is 1. The summed E-state index contributed by atoms with van der Waals surface area (Å²) in [6, 6.07) is 6.73. The maximum absolute atomic E-state index is 12.7. The van der Waals surface area contributed by atoms with Gasteiger partial charge in [0, 0.05) is 12.0 Å². The van der Waals surface area contributed by atoms with Crippen LogP contribution in [0.25, 0.3) is 0 Å². The van der Waals surface area contributed by atoms with E-state index in [0.29, 0.717) is 11.3 Å². The van der Waals surface area contributed by atoms with Gasteiger partial charge in [-0.1, -0.05) is 37.8 Å². The van der Waals surface area contributed by atoms with Crippen LogP contribution in [-0.4, -0.2) is 26.1 Å². The average molecular weight is 378 g/mol. The van der Waals surface area contributed by atoms with Gasteiger partial charge in [0.2, 0.25) is 15.9 Å². The Morgan fingerprint density at radius 3 is 2.42 bits per heavy atom. The molecule has 7 heteroatoms. The molecule has 0 radical (unpaired) electrons. The Morgan fingerprint density at radius 2 is 1.77 bits per heavy atom. The molecule has 2 fully saturated rings. The fourth-order valence-electron chi connectivity index (χ4n) is 3.21. The minimum atomic E-state index is -3.56. The minimum absolute atomic E-state index is 0.0127. The molecule has 2 aliphatic carbocycles. The van der Waals surface area contributed by atoms with Crippen LogP contribution in [0.1, 0.15) is 63.9 Å². The smallest absolute Gasteiger partial charge is 0.243 e. The fraction of sp³-hybridized carbons (Fsp3) is 0.579. The molecule has 1 aromatic rings. The van der Waals surface area contributed by atoms with E-state index in [0.717, 1.165) is 38.5 Å². The summed E-state index contributed by atoms with van der Waals surface area (Å²) in [7, 11) is -3.56.